The Kier molecular flexibility index (Phi) is 8.72. The van der Waals surface area contributed by atoms with Crippen molar-refractivity contribution in [2.75, 3.05) is 38.3 Å². The molecule has 1 aliphatic rings. The highest BCUT2D eigenvalue weighted by Gasteiger charge is 2.27. The van der Waals surface area contributed by atoms with Crippen LogP contribution in [0.1, 0.15) is 31.4 Å². The maximum atomic E-state index is 12.5. The van der Waals surface area contributed by atoms with E-state index in [2.05, 4.69) is 4.98 Å². The number of carboxylic acids is 1. The lowest BCUT2D eigenvalue weighted by Gasteiger charge is -2.32. The number of rotatable bonds is 11. The predicted octanol–water partition coefficient (Wildman–Crippen LogP) is 4.06. The summed E-state index contributed by atoms with van der Waals surface area (Å²) in [5, 5.41) is 9.29. The van der Waals surface area contributed by atoms with Crippen LogP contribution >= 0.6 is 0 Å². The number of aromatic nitrogens is 2. The molecule has 32 heavy (non-hydrogen) atoms. The largest absolute Gasteiger partial charge is 0.491 e. The number of aliphatic carboxylic acids is 1. The lowest BCUT2D eigenvalue weighted by molar-refractivity contribution is -0.142. The van der Waals surface area contributed by atoms with Crippen molar-refractivity contribution in [2.24, 2.45) is 5.92 Å². The third kappa shape index (κ3) is 6.59. The minimum absolute atomic E-state index is 0.173. The molecular formula is C23H29F2N3O4. The number of aryl methyl sites for hydroxylation is 1. The number of alkyl halides is 2. The van der Waals surface area contributed by atoms with Crippen LogP contribution < -0.4 is 9.64 Å². The second-order valence-corrected chi connectivity index (χ2v) is 7.78. The highest BCUT2D eigenvalue weighted by Crippen LogP contribution is 2.32. The quantitative estimate of drug-likeness (QED) is 0.518. The maximum absolute atomic E-state index is 12.5. The Bertz CT molecular complexity index is 872. The molecule has 0 atom stereocenters. The van der Waals surface area contributed by atoms with Crippen LogP contribution in [0.3, 0.4) is 0 Å². The molecule has 0 saturated carbocycles. The minimum atomic E-state index is -2.33. The van der Waals surface area contributed by atoms with Crippen molar-refractivity contribution in [1.82, 2.24) is 9.97 Å². The summed E-state index contributed by atoms with van der Waals surface area (Å²) in [6, 6.07) is 7.50. The van der Waals surface area contributed by atoms with Crippen molar-refractivity contribution in [3.05, 3.63) is 36.2 Å². The van der Waals surface area contributed by atoms with Gasteiger partial charge < -0.3 is 19.5 Å². The highest BCUT2D eigenvalue weighted by molar-refractivity contribution is 5.74. The van der Waals surface area contributed by atoms with Gasteiger partial charge in [0.15, 0.2) is 5.82 Å². The van der Waals surface area contributed by atoms with E-state index in [4.69, 9.17) is 14.5 Å². The number of ether oxygens (including phenoxy) is 2. The van der Waals surface area contributed by atoms with Crippen molar-refractivity contribution >= 4 is 11.8 Å². The zero-order valence-electron chi connectivity index (χ0n) is 18.2. The van der Waals surface area contributed by atoms with Crippen LogP contribution in [0.4, 0.5) is 14.6 Å². The number of methoxy groups -OCH3 is 1. The van der Waals surface area contributed by atoms with Crippen LogP contribution in [0.5, 0.6) is 5.75 Å². The third-order valence-corrected chi connectivity index (χ3v) is 5.49. The Labute approximate surface area is 186 Å². The molecule has 2 heterocycles. The molecule has 0 radical (unpaired) electrons. The zero-order chi connectivity index (χ0) is 22.9. The van der Waals surface area contributed by atoms with Gasteiger partial charge in [-0.05, 0) is 49.9 Å². The molecule has 7 nitrogen and oxygen atoms in total. The lowest BCUT2D eigenvalue weighted by Crippen LogP contribution is -2.37. The van der Waals surface area contributed by atoms with Gasteiger partial charge in [0.2, 0.25) is 6.43 Å². The number of benzene rings is 1. The molecule has 1 aromatic heterocycles. The lowest BCUT2D eigenvalue weighted by atomic mass is 9.97. The summed E-state index contributed by atoms with van der Waals surface area (Å²) < 4.78 is 35.6. The number of hydrogen-bond donors (Lipinski definition) is 1. The van der Waals surface area contributed by atoms with Gasteiger partial charge in [0.25, 0.3) is 0 Å². The molecule has 0 spiro atoms. The van der Waals surface area contributed by atoms with Crippen molar-refractivity contribution in [2.45, 2.75) is 38.5 Å². The summed E-state index contributed by atoms with van der Waals surface area (Å²) >= 11 is 0. The summed E-state index contributed by atoms with van der Waals surface area (Å²) in [7, 11) is 1.61. The molecule has 2 aromatic rings. The highest BCUT2D eigenvalue weighted by atomic mass is 19.3. The first-order chi connectivity index (χ1) is 15.5. The van der Waals surface area contributed by atoms with Crippen molar-refractivity contribution in [1.29, 1.82) is 0 Å². The predicted molar refractivity (Wildman–Crippen MR) is 116 cm³/mol. The van der Waals surface area contributed by atoms with Gasteiger partial charge in [-0.25, -0.2) is 13.8 Å². The normalized spacial score (nSPS) is 14.7. The molecule has 9 heteroatoms. The third-order valence-electron chi connectivity index (χ3n) is 5.49. The van der Waals surface area contributed by atoms with Gasteiger partial charge in [0.1, 0.15) is 18.1 Å². The van der Waals surface area contributed by atoms with E-state index in [0.717, 1.165) is 5.56 Å². The van der Waals surface area contributed by atoms with Gasteiger partial charge in [-0.15, -0.1) is 0 Å². The first-order valence-electron chi connectivity index (χ1n) is 10.8. The van der Waals surface area contributed by atoms with E-state index in [1.165, 1.54) is 0 Å². The van der Waals surface area contributed by atoms with E-state index < -0.39 is 12.4 Å². The van der Waals surface area contributed by atoms with Gasteiger partial charge in [0.05, 0.1) is 18.2 Å². The summed E-state index contributed by atoms with van der Waals surface area (Å²) in [6.07, 6.45) is 0.935. The molecule has 1 fully saturated rings. The van der Waals surface area contributed by atoms with Gasteiger partial charge in [-0.1, -0.05) is 0 Å². The molecule has 3 rings (SSSR count). The van der Waals surface area contributed by atoms with E-state index in [0.29, 0.717) is 74.9 Å². The maximum Gasteiger partial charge on any atom is 0.306 e. The van der Waals surface area contributed by atoms with Gasteiger partial charge in [-0.2, -0.15) is 0 Å². The first-order valence-corrected chi connectivity index (χ1v) is 10.8. The van der Waals surface area contributed by atoms with Crippen molar-refractivity contribution in [3.8, 4) is 17.0 Å². The zero-order valence-corrected chi connectivity index (χ0v) is 18.2. The van der Waals surface area contributed by atoms with Gasteiger partial charge in [-0.3, -0.25) is 9.78 Å². The second-order valence-electron chi connectivity index (χ2n) is 7.78. The first kappa shape index (κ1) is 23.8. The number of carboxylic acid groups (broad SMARTS) is 1. The van der Waals surface area contributed by atoms with Crippen LogP contribution in [0.25, 0.3) is 11.3 Å². The summed E-state index contributed by atoms with van der Waals surface area (Å²) in [5.74, 6) is 0.240. The van der Waals surface area contributed by atoms with E-state index in [1.807, 2.05) is 29.2 Å². The Morgan fingerprint density at radius 1 is 1.22 bits per heavy atom. The van der Waals surface area contributed by atoms with Gasteiger partial charge >= 0.3 is 5.97 Å². The topological polar surface area (TPSA) is 84.8 Å². The summed E-state index contributed by atoms with van der Waals surface area (Å²) in [5.41, 5.74) is 2.19. The van der Waals surface area contributed by atoms with E-state index in [9.17, 15) is 18.7 Å². The molecular weight excluding hydrogens is 420 g/mol. The molecule has 1 aliphatic heterocycles. The number of carbonyl (C=O) groups is 1. The minimum Gasteiger partial charge on any atom is -0.491 e. The van der Waals surface area contributed by atoms with Gasteiger partial charge in [0, 0.05) is 38.4 Å². The van der Waals surface area contributed by atoms with Crippen LogP contribution in [-0.4, -0.2) is 60.9 Å². The number of nitrogens with zero attached hydrogens (tertiary/aromatic N) is 3. The Hall–Kier alpha value is -2.81. The number of piperidine rings is 1. The molecule has 0 unspecified atom stereocenters. The van der Waals surface area contributed by atoms with Crippen molar-refractivity contribution in [3.63, 3.8) is 0 Å². The fourth-order valence-electron chi connectivity index (χ4n) is 3.69. The van der Waals surface area contributed by atoms with Crippen LogP contribution in [-0.2, 0) is 16.0 Å². The molecule has 1 saturated heterocycles. The second kappa shape index (κ2) is 11.7. The number of anilines is 1. The SMILES string of the molecule is COCCOc1ccc(-c2ncc(CCCC(F)F)nc2N2CCC(C(=O)O)CC2)cc1. The standard InChI is InChI=1S/C23H29F2N3O4/c1-31-13-14-32-19-7-5-16(6-8-19)21-22(28-11-9-17(10-12-28)23(29)30)27-18(15-26-21)3-2-4-20(24)25/h5-8,15,17,20H,2-4,9-14H2,1H3,(H,29,30). The van der Waals surface area contributed by atoms with Crippen LogP contribution in [0, 0.1) is 5.92 Å². The average molecular weight is 449 g/mol. The molecule has 1 aromatic carbocycles. The summed E-state index contributed by atoms with van der Waals surface area (Å²) in [4.78, 5) is 22.7. The van der Waals surface area contributed by atoms with Crippen LogP contribution in [0.15, 0.2) is 30.5 Å². The number of halogens is 2. The molecule has 0 amide bonds. The van der Waals surface area contributed by atoms with Crippen molar-refractivity contribution < 1.29 is 28.2 Å². The molecule has 174 valence electrons. The Morgan fingerprint density at radius 2 is 1.94 bits per heavy atom. The molecule has 0 aliphatic carbocycles. The monoisotopic (exact) mass is 449 g/mol. The Morgan fingerprint density at radius 3 is 2.56 bits per heavy atom. The van der Waals surface area contributed by atoms with E-state index in [-0.39, 0.29) is 12.3 Å². The van der Waals surface area contributed by atoms with E-state index >= 15 is 0 Å². The summed E-state index contributed by atoms with van der Waals surface area (Å²) in [6.45, 7) is 2.05. The van der Waals surface area contributed by atoms with Crippen LogP contribution in [0.2, 0.25) is 0 Å². The fourth-order valence-corrected chi connectivity index (χ4v) is 3.69. The Balaban J connectivity index is 1.81. The number of hydrogen-bond acceptors (Lipinski definition) is 6. The fraction of sp³-hybridized carbons (Fsp3) is 0.522. The average Bonchev–Trinajstić information content (AvgIpc) is 2.79. The molecule has 1 N–H and O–H groups in total. The molecule has 0 bridgehead atoms. The smallest absolute Gasteiger partial charge is 0.306 e. The van der Waals surface area contributed by atoms with E-state index in [1.54, 1.807) is 13.3 Å².